The molecule has 2 N–H and O–H groups in total. The van der Waals surface area contributed by atoms with Crippen molar-refractivity contribution in [2.24, 2.45) is 0 Å². The Bertz CT molecular complexity index is 651. The molecule has 0 aliphatic heterocycles. The maximum atomic E-state index is 11.7. The van der Waals surface area contributed by atoms with E-state index in [1.165, 1.54) is 6.07 Å². The number of anilines is 1. The normalized spacial score (nSPS) is 11.0. The fraction of sp³-hybridized carbons (Fsp3) is 0.375. The number of rotatable bonds is 6. The van der Waals surface area contributed by atoms with Crippen molar-refractivity contribution < 1.29 is 0 Å². The van der Waals surface area contributed by atoms with Crippen molar-refractivity contribution in [3.63, 3.8) is 0 Å². The number of nitrogens with two attached hydrogens (primary N) is 1. The molecule has 2 aromatic heterocycles. The number of aryl methyl sites for hydroxylation is 2. The van der Waals surface area contributed by atoms with Gasteiger partial charge in [0.25, 0.3) is 5.56 Å². The number of nitrogens with zero attached hydrogens (tertiary/aromatic N) is 3. The molecular weight excluding hydrogens is 264 g/mol. The van der Waals surface area contributed by atoms with Gasteiger partial charge in [0.1, 0.15) is 0 Å². The van der Waals surface area contributed by atoms with E-state index in [1.54, 1.807) is 16.8 Å². The highest BCUT2D eigenvalue weighted by Gasteiger charge is 2.03. The Balaban J connectivity index is 1.83. The van der Waals surface area contributed by atoms with E-state index in [9.17, 15) is 4.79 Å². The lowest BCUT2D eigenvalue weighted by atomic mass is 10.3. The van der Waals surface area contributed by atoms with Gasteiger partial charge in [-0.1, -0.05) is 6.07 Å². The van der Waals surface area contributed by atoms with Crippen molar-refractivity contribution in [2.75, 3.05) is 19.3 Å². The Morgan fingerprint density at radius 1 is 1.29 bits per heavy atom. The summed E-state index contributed by atoms with van der Waals surface area (Å²) in [5, 5.41) is 0. The van der Waals surface area contributed by atoms with E-state index in [4.69, 9.17) is 5.73 Å². The van der Waals surface area contributed by atoms with E-state index >= 15 is 0 Å². The van der Waals surface area contributed by atoms with Crippen molar-refractivity contribution in [1.29, 1.82) is 0 Å². The second kappa shape index (κ2) is 7.04. The Morgan fingerprint density at radius 2 is 2.10 bits per heavy atom. The third-order valence-corrected chi connectivity index (χ3v) is 3.32. The second-order valence-corrected chi connectivity index (χ2v) is 5.36. The molecule has 0 saturated heterocycles. The molecule has 0 aliphatic carbocycles. The van der Waals surface area contributed by atoms with Crippen LogP contribution in [-0.4, -0.2) is 28.0 Å². The first-order valence-electron chi connectivity index (χ1n) is 7.11. The topological polar surface area (TPSA) is 64.2 Å². The quantitative estimate of drug-likeness (QED) is 0.877. The molecule has 21 heavy (non-hydrogen) atoms. The predicted octanol–water partition coefficient (Wildman–Crippen LogP) is 1.66. The van der Waals surface area contributed by atoms with Crippen LogP contribution in [0.2, 0.25) is 0 Å². The minimum Gasteiger partial charge on any atom is -0.398 e. The predicted molar refractivity (Wildman–Crippen MR) is 85.0 cm³/mol. The highest BCUT2D eigenvalue weighted by molar-refractivity contribution is 5.33. The van der Waals surface area contributed by atoms with E-state index < -0.39 is 0 Å². The van der Waals surface area contributed by atoms with Gasteiger partial charge >= 0.3 is 0 Å². The fourth-order valence-electron chi connectivity index (χ4n) is 2.28. The summed E-state index contributed by atoms with van der Waals surface area (Å²) in [7, 11) is 2.06. The van der Waals surface area contributed by atoms with E-state index in [2.05, 4.69) is 16.9 Å². The van der Waals surface area contributed by atoms with E-state index in [-0.39, 0.29) is 5.56 Å². The average Bonchev–Trinajstić information content (AvgIpc) is 2.42. The van der Waals surface area contributed by atoms with Crippen LogP contribution >= 0.6 is 0 Å². The van der Waals surface area contributed by atoms with Crippen LogP contribution in [0.3, 0.4) is 0 Å². The summed E-state index contributed by atoms with van der Waals surface area (Å²) in [6, 6.07) is 9.20. The molecule has 5 heteroatoms. The van der Waals surface area contributed by atoms with Gasteiger partial charge in [-0.3, -0.25) is 9.78 Å². The summed E-state index contributed by atoms with van der Waals surface area (Å²) < 4.78 is 1.66. The molecule has 0 spiro atoms. The van der Waals surface area contributed by atoms with Gasteiger partial charge in [0.2, 0.25) is 0 Å². The zero-order chi connectivity index (χ0) is 15.2. The third kappa shape index (κ3) is 4.72. The van der Waals surface area contributed by atoms with Crippen LogP contribution in [0, 0.1) is 6.92 Å². The van der Waals surface area contributed by atoms with Gasteiger partial charge in [0, 0.05) is 36.7 Å². The maximum absolute atomic E-state index is 11.7. The number of aromatic nitrogens is 2. The summed E-state index contributed by atoms with van der Waals surface area (Å²) in [5.41, 5.74) is 8.41. The van der Waals surface area contributed by atoms with Crippen molar-refractivity contribution in [3.8, 4) is 0 Å². The lowest BCUT2D eigenvalue weighted by Gasteiger charge is -2.16. The zero-order valence-corrected chi connectivity index (χ0v) is 12.6. The number of hydrogen-bond donors (Lipinski definition) is 1. The van der Waals surface area contributed by atoms with Crippen molar-refractivity contribution in [2.45, 2.75) is 26.4 Å². The molecule has 2 rings (SSSR count). The van der Waals surface area contributed by atoms with Gasteiger partial charge in [-0.05, 0) is 45.1 Å². The first kappa shape index (κ1) is 15.3. The van der Waals surface area contributed by atoms with Crippen molar-refractivity contribution >= 4 is 5.69 Å². The molecule has 0 bridgehead atoms. The number of hydrogen-bond acceptors (Lipinski definition) is 4. The number of pyridine rings is 2. The molecule has 112 valence electrons. The highest BCUT2D eigenvalue weighted by Crippen LogP contribution is 2.03. The van der Waals surface area contributed by atoms with E-state index in [0.29, 0.717) is 12.2 Å². The van der Waals surface area contributed by atoms with Crippen LogP contribution in [0.1, 0.15) is 17.8 Å². The number of nitrogen functional groups attached to an aromatic ring is 1. The molecule has 0 atom stereocenters. The standard InChI is InChI=1S/C16H22N4O/c1-13-5-3-6-15(18-13)12-19(2)9-4-10-20-11-14(17)7-8-16(20)21/h3,5-8,11H,4,9-10,12,17H2,1-2H3. The lowest BCUT2D eigenvalue weighted by Crippen LogP contribution is -2.24. The molecule has 0 fully saturated rings. The monoisotopic (exact) mass is 286 g/mol. The summed E-state index contributed by atoms with van der Waals surface area (Å²) in [6.07, 6.45) is 2.59. The summed E-state index contributed by atoms with van der Waals surface area (Å²) in [5.74, 6) is 0. The molecule has 0 aliphatic rings. The van der Waals surface area contributed by atoms with Crippen LogP contribution in [-0.2, 0) is 13.1 Å². The van der Waals surface area contributed by atoms with E-state index in [0.717, 1.165) is 30.9 Å². The Kier molecular flexibility index (Phi) is 5.11. The van der Waals surface area contributed by atoms with Crippen LogP contribution in [0.5, 0.6) is 0 Å². The summed E-state index contributed by atoms with van der Waals surface area (Å²) in [6.45, 7) is 4.38. The summed E-state index contributed by atoms with van der Waals surface area (Å²) in [4.78, 5) is 18.4. The average molecular weight is 286 g/mol. The molecule has 0 unspecified atom stereocenters. The molecule has 0 aromatic carbocycles. The first-order valence-corrected chi connectivity index (χ1v) is 7.11. The van der Waals surface area contributed by atoms with Gasteiger partial charge in [-0.25, -0.2) is 0 Å². The third-order valence-electron chi connectivity index (χ3n) is 3.32. The minimum absolute atomic E-state index is 0.00722. The SMILES string of the molecule is Cc1cccc(CN(C)CCCn2cc(N)ccc2=O)n1. The molecule has 0 amide bonds. The fourth-order valence-corrected chi connectivity index (χ4v) is 2.28. The van der Waals surface area contributed by atoms with Crippen molar-refractivity contribution in [1.82, 2.24) is 14.5 Å². The molecule has 2 heterocycles. The molecular formula is C16H22N4O. The molecule has 5 nitrogen and oxygen atoms in total. The molecule has 0 saturated carbocycles. The largest absolute Gasteiger partial charge is 0.398 e. The van der Waals surface area contributed by atoms with Crippen LogP contribution < -0.4 is 11.3 Å². The maximum Gasteiger partial charge on any atom is 0.250 e. The van der Waals surface area contributed by atoms with Gasteiger partial charge in [-0.2, -0.15) is 0 Å². The van der Waals surface area contributed by atoms with Gasteiger partial charge in [0.15, 0.2) is 0 Å². The zero-order valence-electron chi connectivity index (χ0n) is 12.6. The lowest BCUT2D eigenvalue weighted by molar-refractivity contribution is 0.310. The van der Waals surface area contributed by atoms with Crippen LogP contribution in [0.15, 0.2) is 41.3 Å². The molecule has 0 radical (unpaired) electrons. The Hall–Kier alpha value is -2.14. The summed E-state index contributed by atoms with van der Waals surface area (Å²) >= 11 is 0. The Labute approximate surface area is 125 Å². The minimum atomic E-state index is -0.00722. The van der Waals surface area contributed by atoms with Crippen molar-refractivity contribution in [3.05, 3.63) is 58.3 Å². The smallest absolute Gasteiger partial charge is 0.250 e. The van der Waals surface area contributed by atoms with Gasteiger partial charge in [-0.15, -0.1) is 0 Å². The van der Waals surface area contributed by atoms with Crippen LogP contribution in [0.4, 0.5) is 5.69 Å². The van der Waals surface area contributed by atoms with E-state index in [1.807, 2.05) is 25.1 Å². The second-order valence-electron chi connectivity index (χ2n) is 5.36. The van der Waals surface area contributed by atoms with Crippen LogP contribution in [0.25, 0.3) is 0 Å². The molecule has 2 aromatic rings. The van der Waals surface area contributed by atoms with Gasteiger partial charge < -0.3 is 15.2 Å². The Morgan fingerprint density at radius 3 is 2.86 bits per heavy atom. The highest BCUT2D eigenvalue weighted by atomic mass is 16.1. The van der Waals surface area contributed by atoms with Gasteiger partial charge in [0.05, 0.1) is 5.69 Å². The first-order chi connectivity index (χ1) is 10.0.